The Labute approximate surface area is 289 Å². The van der Waals surface area contributed by atoms with Crippen molar-refractivity contribution < 1.29 is 46.0 Å². The number of hydrogen-bond donors (Lipinski definition) is 0. The molecule has 11 nitrogen and oxygen atoms in total. The van der Waals surface area contributed by atoms with E-state index in [1.165, 1.54) is 36.2 Å². The van der Waals surface area contributed by atoms with E-state index in [0.717, 1.165) is 57.5 Å². The molecule has 0 saturated carbocycles. The van der Waals surface area contributed by atoms with E-state index in [1.807, 2.05) is 0 Å². The summed E-state index contributed by atoms with van der Waals surface area (Å²) in [5, 5.41) is 0.319. The average Bonchev–Trinajstić information content (AvgIpc) is 3.10. The lowest BCUT2D eigenvalue weighted by atomic mass is 9.99. The Kier molecular flexibility index (Phi) is 10.4. The topological polar surface area (TPSA) is 114 Å². The predicted molar refractivity (Wildman–Crippen MR) is 179 cm³/mol. The van der Waals surface area contributed by atoms with E-state index >= 15 is 4.39 Å². The number of fused-ring (bicyclic) bond motifs is 2. The fourth-order valence-electron chi connectivity index (χ4n) is 5.97. The van der Waals surface area contributed by atoms with Gasteiger partial charge in [0.25, 0.3) is 0 Å². The highest BCUT2D eigenvalue weighted by Crippen LogP contribution is 2.37. The van der Waals surface area contributed by atoms with Crippen molar-refractivity contribution in [3.05, 3.63) is 87.7 Å². The van der Waals surface area contributed by atoms with Crippen molar-refractivity contribution in [1.29, 1.82) is 0 Å². The number of Topliss-reactive ketones (excluding diaryl/α,β-unsaturated/α-hetero) is 1. The molecule has 0 atom stereocenters. The van der Waals surface area contributed by atoms with E-state index < -0.39 is 29.1 Å². The van der Waals surface area contributed by atoms with Crippen LogP contribution in [0.25, 0.3) is 21.8 Å². The molecule has 51 heavy (non-hydrogen) atoms. The lowest BCUT2D eigenvalue weighted by Crippen LogP contribution is -2.37. The molecular formula is C36H34F4N4O7. The number of pyridine rings is 1. The Morgan fingerprint density at radius 1 is 0.980 bits per heavy atom. The van der Waals surface area contributed by atoms with E-state index in [1.54, 1.807) is 26.1 Å². The third-order valence-corrected chi connectivity index (χ3v) is 8.61. The van der Waals surface area contributed by atoms with Crippen LogP contribution in [0.5, 0.6) is 28.9 Å². The van der Waals surface area contributed by atoms with Crippen molar-refractivity contribution in [3.63, 3.8) is 0 Å². The minimum Gasteiger partial charge on any atom is -0.493 e. The monoisotopic (exact) mass is 710 g/mol. The molecule has 6 rings (SSSR count). The number of morpholine rings is 1. The second-order valence-corrected chi connectivity index (χ2v) is 11.9. The van der Waals surface area contributed by atoms with Gasteiger partial charge < -0.3 is 28.3 Å². The van der Waals surface area contributed by atoms with Gasteiger partial charge in [0.15, 0.2) is 28.8 Å². The van der Waals surface area contributed by atoms with E-state index in [-0.39, 0.29) is 34.6 Å². The maximum Gasteiger partial charge on any atom is 0.573 e. The summed E-state index contributed by atoms with van der Waals surface area (Å²) in [6.07, 6.45) is -3.24. The van der Waals surface area contributed by atoms with Gasteiger partial charge in [0.05, 0.1) is 54.3 Å². The maximum absolute atomic E-state index is 15.4. The summed E-state index contributed by atoms with van der Waals surface area (Å²) in [6.45, 7) is 6.13. The van der Waals surface area contributed by atoms with Crippen LogP contribution in [0.2, 0.25) is 0 Å². The molecular weight excluding hydrogens is 676 g/mol. The molecule has 0 N–H and O–H groups in total. The van der Waals surface area contributed by atoms with Crippen LogP contribution in [-0.2, 0) is 18.2 Å². The largest absolute Gasteiger partial charge is 0.573 e. The van der Waals surface area contributed by atoms with Gasteiger partial charge in [-0.15, -0.1) is 13.2 Å². The number of ether oxygens (including phenoxy) is 5. The molecule has 15 heteroatoms. The lowest BCUT2D eigenvalue weighted by Gasteiger charge is -2.26. The van der Waals surface area contributed by atoms with Gasteiger partial charge in [0.2, 0.25) is 11.3 Å². The zero-order valence-corrected chi connectivity index (χ0v) is 28.0. The summed E-state index contributed by atoms with van der Waals surface area (Å²) in [5.74, 6) is -1.24. The van der Waals surface area contributed by atoms with Crippen molar-refractivity contribution >= 4 is 27.6 Å². The minimum absolute atomic E-state index is 0.0593. The number of carbonyl (C=O) groups is 1. The van der Waals surface area contributed by atoms with E-state index in [2.05, 4.69) is 19.6 Å². The Morgan fingerprint density at radius 3 is 2.49 bits per heavy atom. The molecule has 5 aromatic rings. The van der Waals surface area contributed by atoms with Gasteiger partial charge in [-0.2, -0.15) is 0 Å². The number of benzene rings is 3. The summed E-state index contributed by atoms with van der Waals surface area (Å²) in [4.78, 5) is 37.6. The van der Waals surface area contributed by atoms with Crippen LogP contribution in [0.3, 0.4) is 0 Å². The second-order valence-electron chi connectivity index (χ2n) is 11.9. The van der Waals surface area contributed by atoms with Crippen molar-refractivity contribution in [2.75, 3.05) is 46.6 Å². The van der Waals surface area contributed by atoms with Crippen LogP contribution < -0.4 is 24.4 Å². The summed E-state index contributed by atoms with van der Waals surface area (Å²) in [7, 11) is 3.08. The number of alkyl halides is 3. The molecule has 0 unspecified atom stereocenters. The standard InChI is InChI=1S/C36H34F4N4O7/c1-21-33(34(46)25-17-23(51-36(38,39)40)6-7-28(25)43(21)2)29(45)16-22-5-8-30(26(37)15-22)50-35-24-18-31(47-3)32(19-27(24)41-20-42-35)49-12-4-9-44-10-13-48-14-11-44/h5-8,15,17-20H,4,9-14,16H2,1-3H3. The highest BCUT2D eigenvalue weighted by Gasteiger charge is 2.31. The van der Waals surface area contributed by atoms with Crippen LogP contribution in [0.1, 0.15) is 28.0 Å². The third kappa shape index (κ3) is 8.05. The van der Waals surface area contributed by atoms with Crippen molar-refractivity contribution in [2.45, 2.75) is 26.1 Å². The molecule has 1 aliphatic rings. The first-order valence-electron chi connectivity index (χ1n) is 16.1. The molecule has 0 spiro atoms. The molecule has 1 fully saturated rings. The Morgan fingerprint density at radius 2 is 1.76 bits per heavy atom. The Balaban J connectivity index is 1.18. The number of rotatable bonds is 12. The number of ketones is 1. The SMILES string of the molecule is COc1cc2c(Oc3ccc(CC(=O)c4c(C)n(C)c5ccc(OC(F)(F)F)cc5c4=O)cc3F)ncnc2cc1OCCCN1CCOCC1. The number of carbonyl (C=O) groups excluding carboxylic acids is 1. The quantitative estimate of drug-likeness (QED) is 0.0848. The van der Waals surface area contributed by atoms with Gasteiger partial charge >= 0.3 is 6.36 Å². The number of methoxy groups -OCH3 is 1. The Hall–Kier alpha value is -5.28. The fourth-order valence-corrected chi connectivity index (χ4v) is 5.97. The highest BCUT2D eigenvalue weighted by molar-refractivity contribution is 6.01. The molecule has 0 bridgehead atoms. The minimum atomic E-state index is -4.96. The van der Waals surface area contributed by atoms with Crippen LogP contribution >= 0.6 is 0 Å². The Bertz CT molecular complexity index is 2150. The molecule has 1 saturated heterocycles. The predicted octanol–water partition coefficient (Wildman–Crippen LogP) is 6.16. The smallest absolute Gasteiger partial charge is 0.493 e. The number of aryl methyl sites for hydroxylation is 1. The molecule has 0 amide bonds. The molecule has 1 aliphatic heterocycles. The average molecular weight is 711 g/mol. The van der Waals surface area contributed by atoms with Crippen LogP contribution in [0, 0.1) is 12.7 Å². The van der Waals surface area contributed by atoms with E-state index in [4.69, 9.17) is 18.9 Å². The van der Waals surface area contributed by atoms with Crippen LogP contribution in [-0.4, -0.2) is 78.1 Å². The molecule has 3 aromatic carbocycles. The van der Waals surface area contributed by atoms with Gasteiger partial charge in [0, 0.05) is 44.9 Å². The van der Waals surface area contributed by atoms with Crippen molar-refractivity contribution in [1.82, 2.24) is 19.4 Å². The number of aromatic nitrogens is 3. The molecule has 0 aliphatic carbocycles. The van der Waals surface area contributed by atoms with Gasteiger partial charge in [-0.3, -0.25) is 14.5 Å². The maximum atomic E-state index is 15.4. The van der Waals surface area contributed by atoms with E-state index in [9.17, 15) is 22.8 Å². The number of hydrogen-bond acceptors (Lipinski definition) is 10. The van der Waals surface area contributed by atoms with Gasteiger partial charge in [0.1, 0.15) is 12.1 Å². The van der Waals surface area contributed by atoms with Crippen molar-refractivity contribution in [2.24, 2.45) is 7.05 Å². The highest BCUT2D eigenvalue weighted by atomic mass is 19.4. The van der Waals surface area contributed by atoms with Gasteiger partial charge in [-0.05, 0) is 55.3 Å². The zero-order chi connectivity index (χ0) is 36.3. The van der Waals surface area contributed by atoms with Gasteiger partial charge in [-0.25, -0.2) is 14.4 Å². The number of nitrogens with zero attached hydrogens (tertiary/aromatic N) is 4. The first-order chi connectivity index (χ1) is 24.4. The van der Waals surface area contributed by atoms with E-state index in [0.29, 0.717) is 40.2 Å². The summed E-state index contributed by atoms with van der Waals surface area (Å²) in [6, 6.07) is 10.6. The lowest BCUT2D eigenvalue weighted by molar-refractivity contribution is -0.274. The van der Waals surface area contributed by atoms with Crippen molar-refractivity contribution in [3.8, 4) is 28.9 Å². The summed E-state index contributed by atoms with van der Waals surface area (Å²) >= 11 is 0. The first-order valence-corrected chi connectivity index (χ1v) is 16.1. The summed E-state index contributed by atoms with van der Waals surface area (Å²) < 4.78 is 82.1. The third-order valence-electron chi connectivity index (χ3n) is 8.61. The normalized spacial score (nSPS) is 13.8. The summed E-state index contributed by atoms with van der Waals surface area (Å²) in [5.41, 5.74) is 0.355. The van der Waals surface area contributed by atoms with Crippen LogP contribution in [0.4, 0.5) is 17.6 Å². The van der Waals surface area contributed by atoms with Crippen LogP contribution in [0.15, 0.2) is 59.7 Å². The zero-order valence-electron chi connectivity index (χ0n) is 28.0. The number of halogens is 4. The molecule has 2 aromatic heterocycles. The second kappa shape index (κ2) is 14.9. The molecule has 268 valence electrons. The molecule has 0 radical (unpaired) electrons. The fraction of sp³-hybridized carbons (Fsp3) is 0.333. The first kappa shape index (κ1) is 35.5. The van der Waals surface area contributed by atoms with Gasteiger partial charge in [-0.1, -0.05) is 6.07 Å². The molecule has 3 heterocycles.